The summed E-state index contributed by atoms with van der Waals surface area (Å²) in [5, 5.41) is 9.23. The Kier molecular flexibility index (Phi) is 5.68. The Hall–Kier alpha value is -2.56. The Morgan fingerprint density at radius 2 is 1.78 bits per heavy atom. The fraction of sp³-hybridized carbons (Fsp3) is 0.350. The summed E-state index contributed by atoms with van der Waals surface area (Å²) in [4.78, 5) is -0.0208. The Bertz CT molecular complexity index is 964. The lowest BCUT2D eigenvalue weighted by molar-refractivity contribution is 0.297. The van der Waals surface area contributed by atoms with Gasteiger partial charge in [-0.1, -0.05) is 32.0 Å². The molecule has 1 aliphatic rings. The van der Waals surface area contributed by atoms with Gasteiger partial charge in [-0.05, 0) is 35.7 Å². The van der Waals surface area contributed by atoms with Gasteiger partial charge in [0.15, 0.2) is 11.5 Å². The summed E-state index contributed by atoms with van der Waals surface area (Å²) in [6, 6.07) is 13.1. The summed E-state index contributed by atoms with van der Waals surface area (Å²) >= 11 is 0. The molecule has 0 unspecified atom stereocenters. The van der Waals surface area contributed by atoms with Crippen LogP contribution in [0.1, 0.15) is 37.4 Å². The SMILES string of the molecule is CC(C)[C@H](NS(=O)(=O)c1ccccc1C#N)c1ccc2c(c1)OCCCO2. The highest BCUT2D eigenvalue weighted by molar-refractivity contribution is 7.89. The van der Waals surface area contributed by atoms with E-state index < -0.39 is 16.1 Å². The minimum atomic E-state index is -3.87. The molecular formula is C20H22N2O4S. The zero-order valence-corrected chi connectivity index (χ0v) is 16.1. The smallest absolute Gasteiger partial charge is 0.242 e. The van der Waals surface area contributed by atoms with Crippen LogP contribution in [-0.2, 0) is 10.0 Å². The predicted octanol–water partition coefficient (Wildman–Crippen LogP) is 3.40. The Morgan fingerprint density at radius 3 is 2.48 bits per heavy atom. The van der Waals surface area contributed by atoms with E-state index in [1.807, 2.05) is 38.1 Å². The molecule has 0 amide bonds. The van der Waals surface area contributed by atoms with Gasteiger partial charge in [0.1, 0.15) is 6.07 Å². The number of hydrogen-bond donors (Lipinski definition) is 1. The van der Waals surface area contributed by atoms with E-state index in [-0.39, 0.29) is 16.4 Å². The fourth-order valence-corrected chi connectivity index (χ4v) is 4.52. The second kappa shape index (κ2) is 7.99. The Labute approximate surface area is 159 Å². The maximum absolute atomic E-state index is 12.9. The van der Waals surface area contributed by atoms with Crippen molar-refractivity contribution in [3.63, 3.8) is 0 Å². The van der Waals surface area contributed by atoms with E-state index in [1.165, 1.54) is 12.1 Å². The van der Waals surface area contributed by atoms with E-state index >= 15 is 0 Å². The van der Waals surface area contributed by atoms with Crippen molar-refractivity contribution in [2.24, 2.45) is 5.92 Å². The van der Waals surface area contributed by atoms with Crippen LogP contribution in [0.25, 0.3) is 0 Å². The summed E-state index contributed by atoms with van der Waals surface area (Å²) in [7, 11) is -3.87. The molecule has 0 saturated carbocycles. The molecule has 0 aliphatic carbocycles. The number of nitrogens with one attached hydrogen (secondary N) is 1. The summed E-state index contributed by atoms with van der Waals surface area (Å²) in [5.41, 5.74) is 0.901. The molecule has 1 heterocycles. The maximum Gasteiger partial charge on any atom is 0.242 e. The van der Waals surface area contributed by atoms with Crippen molar-refractivity contribution in [3.05, 3.63) is 53.6 Å². The third kappa shape index (κ3) is 4.24. The minimum absolute atomic E-state index is 0.0150. The van der Waals surface area contributed by atoms with Crippen molar-refractivity contribution in [3.8, 4) is 17.6 Å². The number of hydrogen-bond acceptors (Lipinski definition) is 5. The van der Waals surface area contributed by atoms with Gasteiger partial charge in [-0.2, -0.15) is 5.26 Å². The molecule has 0 aromatic heterocycles. The summed E-state index contributed by atoms with van der Waals surface area (Å²) < 4.78 is 40.0. The lowest BCUT2D eigenvalue weighted by Crippen LogP contribution is -2.32. The average Bonchev–Trinajstić information content (AvgIpc) is 2.90. The first-order valence-corrected chi connectivity index (χ1v) is 10.3. The standard InChI is InChI=1S/C20H22N2O4S/c1-14(2)20(15-8-9-17-18(12-15)26-11-5-10-25-17)22-27(23,24)19-7-4-3-6-16(19)13-21/h3-4,6-9,12,14,20,22H,5,10-11H2,1-2H3/t20-/m0/s1. The fourth-order valence-electron chi connectivity index (χ4n) is 2.99. The first kappa shape index (κ1) is 19.2. The first-order valence-electron chi connectivity index (χ1n) is 8.83. The van der Waals surface area contributed by atoms with Gasteiger partial charge in [0.2, 0.25) is 10.0 Å². The highest BCUT2D eigenvalue weighted by Crippen LogP contribution is 2.34. The Balaban J connectivity index is 1.95. The minimum Gasteiger partial charge on any atom is -0.490 e. The molecule has 0 bridgehead atoms. The van der Waals surface area contributed by atoms with Crippen molar-refractivity contribution in [1.29, 1.82) is 5.26 Å². The zero-order chi connectivity index (χ0) is 19.4. The third-order valence-corrected chi connectivity index (χ3v) is 5.88. The Morgan fingerprint density at radius 1 is 1.07 bits per heavy atom. The molecule has 142 valence electrons. The van der Waals surface area contributed by atoms with Crippen LogP contribution in [0.2, 0.25) is 0 Å². The highest BCUT2D eigenvalue weighted by Gasteiger charge is 2.27. The average molecular weight is 386 g/mol. The van der Waals surface area contributed by atoms with Crippen molar-refractivity contribution < 1.29 is 17.9 Å². The number of benzene rings is 2. The van der Waals surface area contributed by atoms with Crippen LogP contribution < -0.4 is 14.2 Å². The van der Waals surface area contributed by atoms with Gasteiger partial charge in [-0.15, -0.1) is 0 Å². The second-order valence-corrected chi connectivity index (χ2v) is 8.39. The number of nitrogens with zero attached hydrogens (tertiary/aromatic N) is 1. The monoisotopic (exact) mass is 386 g/mol. The molecule has 0 saturated heterocycles. The van der Waals surface area contributed by atoms with Crippen LogP contribution in [0.5, 0.6) is 11.5 Å². The third-order valence-electron chi connectivity index (χ3n) is 4.38. The van der Waals surface area contributed by atoms with Gasteiger partial charge in [0.05, 0.1) is 23.7 Å². The molecule has 7 heteroatoms. The van der Waals surface area contributed by atoms with Gasteiger partial charge < -0.3 is 9.47 Å². The molecule has 0 fully saturated rings. The van der Waals surface area contributed by atoms with Crippen molar-refractivity contribution >= 4 is 10.0 Å². The van der Waals surface area contributed by atoms with Gasteiger partial charge in [-0.25, -0.2) is 13.1 Å². The largest absolute Gasteiger partial charge is 0.490 e. The molecule has 1 aliphatic heterocycles. The molecule has 0 radical (unpaired) electrons. The summed E-state index contributed by atoms with van der Waals surface area (Å²) in [6.07, 6.45) is 0.801. The lowest BCUT2D eigenvalue weighted by atomic mass is 9.97. The number of ether oxygens (including phenoxy) is 2. The van der Waals surface area contributed by atoms with E-state index in [0.29, 0.717) is 24.7 Å². The van der Waals surface area contributed by atoms with Crippen LogP contribution in [0.3, 0.4) is 0 Å². The number of nitriles is 1. The molecule has 6 nitrogen and oxygen atoms in total. The van der Waals surface area contributed by atoms with E-state index in [4.69, 9.17) is 9.47 Å². The summed E-state index contributed by atoms with van der Waals surface area (Å²) in [5.74, 6) is 1.27. The van der Waals surface area contributed by atoms with E-state index in [1.54, 1.807) is 12.1 Å². The topological polar surface area (TPSA) is 88.4 Å². The van der Waals surface area contributed by atoms with E-state index in [0.717, 1.165) is 12.0 Å². The first-order chi connectivity index (χ1) is 12.9. The van der Waals surface area contributed by atoms with Gasteiger partial charge in [-0.3, -0.25) is 0 Å². The van der Waals surface area contributed by atoms with E-state index in [2.05, 4.69) is 4.72 Å². The molecule has 0 spiro atoms. The van der Waals surface area contributed by atoms with E-state index in [9.17, 15) is 13.7 Å². The van der Waals surface area contributed by atoms with Gasteiger partial charge in [0, 0.05) is 12.5 Å². The predicted molar refractivity (Wildman–Crippen MR) is 101 cm³/mol. The molecule has 27 heavy (non-hydrogen) atoms. The highest BCUT2D eigenvalue weighted by atomic mass is 32.2. The van der Waals surface area contributed by atoms with Crippen LogP contribution in [0.15, 0.2) is 47.4 Å². The summed E-state index contributed by atoms with van der Waals surface area (Å²) in [6.45, 7) is 5.03. The van der Waals surface area contributed by atoms with Crippen molar-refractivity contribution in [2.75, 3.05) is 13.2 Å². The van der Waals surface area contributed by atoms with Crippen LogP contribution in [0, 0.1) is 17.2 Å². The quantitative estimate of drug-likeness (QED) is 0.851. The van der Waals surface area contributed by atoms with Gasteiger partial charge in [0.25, 0.3) is 0 Å². The normalized spacial score (nSPS) is 15.0. The molecule has 2 aromatic carbocycles. The van der Waals surface area contributed by atoms with Crippen LogP contribution in [-0.4, -0.2) is 21.6 Å². The molecule has 2 aromatic rings. The number of fused-ring (bicyclic) bond motifs is 1. The molecule has 3 rings (SSSR count). The van der Waals surface area contributed by atoms with Crippen molar-refractivity contribution in [2.45, 2.75) is 31.2 Å². The second-order valence-electron chi connectivity index (χ2n) is 6.71. The number of rotatable bonds is 5. The number of sulfonamides is 1. The lowest BCUT2D eigenvalue weighted by Gasteiger charge is -2.24. The zero-order valence-electron chi connectivity index (χ0n) is 15.3. The van der Waals surface area contributed by atoms with Crippen LogP contribution >= 0.6 is 0 Å². The molecule has 1 N–H and O–H groups in total. The molecular weight excluding hydrogens is 364 g/mol. The van der Waals surface area contributed by atoms with Crippen molar-refractivity contribution in [1.82, 2.24) is 4.72 Å². The maximum atomic E-state index is 12.9. The van der Waals surface area contributed by atoms with Gasteiger partial charge >= 0.3 is 0 Å². The molecule has 1 atom stereocenters. The van der Waals surface area contributed by atoms with Crippen LogP contribution in [0.4, 0.5) is 0 Å².